The lowest BCUT2D eigenvalue weighted by Gasteiger charge is -2.47. The summed E-state index contributed by atoms with van der Waals surface area (Å²) in [5.74, 6) is 0. The highest BCUT2D eigenvalue weighted by Gasteiger charge is 2.42. The predicted molar refractivity (Wildman–Crippen MR) is 68.7 cm³/mol. The number of hydrogen-bond donors (Lipinski definition) is 1. The third-order valence-corrected chi connectivity index (χ3v) is 4.32. The lowest BCUT2D eigenvalue weighted by atomic mass is 9.59. The van der Waals surface area contributed by atoms with Crippen molar-refractivity contribution in [3.63, 3.8) is 0 Å². The van der Waals surface area contributed by atoms with E-state index in [9.17, 15) is 0 Å². The molecule has 4 nitrogen and oxygen atoms in total. The summed E-state index contributed by atoms with van der Waals surface area (Å²) in [5, 5.41) is 12.1. The first-order valence-electron chi connectivity index (χ1n) is 6.49. The first-order valence-corrected chi connectivity index (χ1v) is 6.49. The van der Waals surface area contributed by atoms with Crippen LogP contribution in [0, 0.1) is 10.8 Å². The molecule has 0 bridgehead atoms. The van der Waals surface area contributed by atoms with Crippen molar-refractivity contribution in [2.45, 2.75) is 40.0 Å². The van der Waals surface area contributed by atoms with Crippen molar-refractivity contribution >= 4 is 0 Å². The van der Waals surface area contributed by atoms with Crippen LogP contribution >= 0.6 is 0 Å². The Morgan fingerprint density at radius 1 is 1.35 bits per heavy atom. The van der Waals surface area contributed by atoms with Crippen LogP contribution in [0.25, 0.3) is 0 Å². The predicted octanol–water partition coefficient (Wildman–Crippen LogP) is 1.77. The molecule has 0 aromatic carbocycles. The van der Waals surface area contributed by atoms with Gasteiger partial charge in [-0.25, -0.2) is 0 Å². The van der Waals surface area contributed by atoms with Gasteiger partial charge in [-0.1, -0.05) is 20.8 Å². The molecule has 2 heterocycles. The molecule has 1 N–H and O–H groups in total. The van der Waals surface area contributed by atoms with Gasteiger partial charge in [0.25, 0.3) is 0 Å². The molecule has 1 saturated heterocycles. The van der Waals surface area contributed by atoms with E-state index in [0.29, 0.717) is 10.8 Å². The zero-order chi connectivity index (χ0) is 12.5. The molecule has 1 aromatic heterocycles. The highest BCUT2D eigenvalue weighted by atomic mass is 15.4. The fraction of sp³-hybridized carbons (Fsp3) is 0.846. The molecule has 0 spiro atoms. The fourth-order valence-electron chi connectivity index (χ4n) is 2.91. The normalized spacial score (nSPS) is 20.5. The first kappa shape index (κ1) is 12.6. The van der Waals surface area contributed by atoms with E-state index in [1.807, 2.05) is 13.2 Å². The Hall–Kier alpha value is -0.900. The Morgan fingerprint density at radius 2 is 2.00 bits per heavy atom. The van der Waals surface area contributed by atoms with Gasteiger partial charge in [0.1, 0.15) is 0 Å². The summed E-state index contributed by atoms with van der Waals surface area (Å²) < 4.78 is 0. The van der Waals surface area contributed by atoms with E-state index in [4.69, 9.17) is 0 Å². The maximum absolute atomic E-state index is 4.45. The average molecular weight is 236 g/mol. The number of aryl methyl sites for hydroxylation is 1. The van der Waals surface area contributed by atoms with Crippen LogP contribution in [0.3, 0.4) is 0 Å². The van der Waals surface area contributed by atoms with Gasteiger partial charge in [-0.15, -0.1) is 0 Å². The second-order valence-electron chi connectivity index (χ2n) is 6.28. The molecule has 4 heteroatoms. The lowest BCUT2D eigenvalue weighted by molar-refractivity contribution is 0.0457. The molecular weight excluding hydrogens is 212 g/mol. The number of piperidine rings is 1. The van der Waals surface area contributed by atoms with Crippen LogP contribution in [0.4, 0.5) is 0 Å². The van der Waals surface area contributed by atoms with Gasteiger partial charge in [0.05, 0.1) is 11.9 Å². The zero-order valence-corrected chi connectivity index (χ0v) is 11.5. The van der Waals surface area contributed by atoms with Crippen LogP contribution in [0.15, 0.2) is 6.20 Å². The molecule has 17 heavy (non-hydrogen) atoms. The van der Waals surface area contributed by atoms with Crippen LogP contribution in [-0.2, 0) is 13.5 Å². The molecule has 0 saturated carbocycles. The minimum atomic E-state index is 0.312. The van der Waals surface area contributed by atoms with E-state index < -0.39 is 0 Å². The van der Waals surface area contributed by atoms with E-state index >= 15 is 0 Å². The number of nitrogens with one attached hydrogen (secondary N) is 1. The smallest absolute Gasteiger partial charge is 0.0832 e. The van der Waals surface area contributed by atoms with Crippen molar-refractivity contribution in [3.8, 4) is 0 Å². The monoisotopic (exact) mass is 236 g/mol. The summed E-state index contributed by atoms with van der Waals surface area (Å²) in [6, 6.07) is 0. The van der Waals surface area contributed by atoms with Crippen molar-refractivity contribution < 1.29 is 0 Å². The van der Waals surface area contributed by atoms with Gasteiger partial charge in [0.15, 0.2) is 0 Å². The third-order valence-electron chi connectivity index (χ3n) is 4.32. The number of nitrogens with zero attached hydrogens (tertiary/aromatic N) is 3. The van der Waals surface area contributed by atoms with E-state index in [2.05, 4.69) is 36.3 Å². The van der Waals surface area contributed by atoms with Crippen LogP contribution in [0.5, 0.6) is 0 Å². The molecule has 0 amide bonds. The Kier molecular flexibility index (Phi) is 3.25. The Labute approximate surface area is 104 Å². The summed E-state index contributed by atoms with van der Waals surface area (Å²) in [6.07, 6.45) is 5.42. The number of aromatic nitrogens is 3. The van der Waals surface area contributed by atoms with E-state index in [1.165, 1.54) is 12.8 Å². The summed E-state index contributed by atoms with van der Waals surface area (Å²) in [6.45, 7) is 9.31. The van der Waals surface area contributed by atoms with Crippen molar-refractivity contribution in [2.75, 3.05) is 13.1 Å². The number of hydrogen-bond acceptors (Lipinski definition) is 3. The fourth-order valence-corrected chi connectivity index (χ4v) is 2.91. The quantitative estimate of drug-likeness (QED) is 0.851. The van der Waals surface area contributed by atoms with E-state index in [-0.39, 0.29) is 0 Å². The van der Waals surface area contributed by atoms with E-state index in [1.54, 1.807) is 4.80 Å². The molecule has 0 aliphatic carbocycles. The van der Waals surface area contributed by atoms with Gasteiger partial charge in [-0.05, 0) is 43.2 Å². The lowest BCUT2D eigenvalue weighted by Crippen LogP contribution is -2.46. The Morgan fingerprint density at radius 3 is 2.47 bits per heavy atom. The standard InChI is InChI=1S/C13H24N4/c1-12(2,3)13(5-7-14-8-6-13)9-11-10-15-17(4)16-11/h10,14H,5-9H2,1-4H3. The van der Waals surface area contributed by atoms with Crippen LogP contribution in [0.1, 0.15) is 39.3 Å². The SMILES string of the molecule is Cn1ncc(CC2(C(C)(C)C)CCNCC2)n1. The second kappa shape index (κ2) is 4.41. The van der Waals surface area contributed by atoms with E-state index in [0.717, 1.165) is 25.2 Å². The minimum Gasteiger partial charge on any atom is -0.317 e. The van der Waals surface area contributed by atoms with Crippen LogP contribution in [-0.4, -0.2) is 28.1 Å². The zero-order valence-electron chi connectivity index (χ0n) is 11.5. The first-order chi connectivity index (χ1) is 7.93. The van der Waals surface area contributed by atoms with Gasteiger partial charge >= 0.3 is 0 Å². The third kappa shape index (κ3) is 2.51. The van der Waals surface area contributed by atoms with Gasteiger partial charge in [-0.3, -0.25) is 0 Å². The molecule has 0 unspecified atom stereocenters. The average Bonchev–Trinajstić information content (AvgIpc) is 2.64. The molecule has 1 fully saturated rings. The molecule has 2 rings (SSSR count). The maximum Gasteiger partial charge on any atom is 0.0832 e. The Balaban J connectivity index is 2.21. The molecule has 0 radical (unpaired) electrons. The molecule has 1 aliphatic rings. The van der Waals surface area contributed by atoms with Crippen molar-refractivity contribution in [1.29, 1.82) is 0 Å². The topological polar surface area (TPSA) is 42.7 Å². The largest absolute Gasteiger partial charge is 0.317 e. The van der Waals surface area contributed by atoms with Crippen LogP contribution < -0.4 is 5.32 Å². The summed E-state index contributed by atoms with van der Waals surface area (Å²) in [7, 11) is 1.88. The highest BCUT2D eigenvalue weighted by Crippen LogP contribution is 2.47. The van der Waals surface area contributed by atoms with Crippen molar-refractivity contribution in [1.82, 2.24) is 20.3 Å². The number of rotatable bonds is 2. The molecule has 1 aromatic rings. The molecule has 96 valence electrons. The minimum absolute atomic E-state index is 0.312. The maximum atomic E-state index is 4.45. The highest BCUT2D eigenvalue weighted by molar-refractivity contribution is 5.04. The second-order valence-corrected chi connectivity index (χ2v) is 6.28. The molecule has 0 atom stereocenters. The summed E-state index contributed by atoms with van der Waals surface area (Å²) in [5.41, 5.74) is 1.80. The summed E-state index contributed by atoms with van der Waals surface area (Å²) >= 11 is 0. The molecular formula is C13H24N4. The molecule has 1 aliphatic heterocycles. The van der Waals surface area contributed by atoms with Gasteiger partial charge < -0.3 is 5.32 Å². The summed E-state index contributed by atoms with van der Waals surface area (Å²) in [4.78, 5) is 1.66. The van der Waals surface area contributed by atoms with Crippen molar-refractivity contribution in [3.05, 3.63) is 11.9 Å². The van der Waals surface area contributed by atoms with Crippen molar-refractivity contribution in [2.24, 2.45) is 17.9 Å². The van der Waals surface area contributed by atoms with Gasteiger partial charge in [0.2, 0.25) is 0 Å². The Bertz CT molecular complexity index is 369. The van der Waals surface area contributed by atoms with Crippen LogP contribution in [0.2, 0.25) is 0 Å². The van der Waals surface area contributed by atoms with Gasteiger partial charge in [-0.2, -0.15) is 15.0 Å². The van der Waals surface area contributed by atoms with Gasteiger partial charge in [0, 0.05) is 7.05 Å².